The van der Waals surface area contributed by atoms with Crippen molar-refractivity contribution in [3.63, 3.8) is 0 Å². The fourth-order valence-corrected chi connectivity index (χ4v) is 3.94. The van der Waals surface area contributed by atoms with Crippen molar-refractivity contribution in [1.82, 2.24) is 9.47 Å². The van der Waals surface area contributed by atoms with Gasteiger partial charge in [-0.2, -0.15) is 0 Å². The van der Waals surface area contributed by atoms with E-state index in [0.717, 1.165) is 56.2 Å². The number of anilines is 1. The van der Waals surface area contributed by atoms with Crippen molar-refractivity contribution in [1.29, 1.82) is 0 Å². The lowest BCUT2D eigenvalue weighted by molar-refractivity contribution is 0.227. The molecule has 0 radical (unpaired) electrons. The van der Waals surface area contributed by atoms with Gasteiger partial charge in [-0.25, -0.2) is 4.39 Å². The minimum absolute atomic E-state index is 0.0404. The van der Waals surface area contributed by atoms with Crippen molar-refractivity contribution in [2.45, 2.75) is 32.9 Å². The number of hydrogen-bond donors (Lipinski definition) is 1. The molecule has 1 aromatic carbocycles. The molecule has 148 valence electrons. The number of thiazole rings is 1. The van der Waals surface area contributed by atoms with Crippen molar-refractivity contribution < 1.29 is 14.2 Å². The van der Waals surface area contributed by atoms with Crippen LogP contribution in [0.1, 0.15) is 20.3 Å². The van der Waals surface area contributed by atoms with Crippen LogP contribution < -0.4 is 14.5 Å². The van der Waals surface area contributed by atoms with Gasteiger partial charge < -0.3 is 14.7 Å². The quantitative estimate of drug-likeness (QED) is 0.781. The van der Waals surface area contributed by atoms with Crippen LogP contribution in [0, 0.1) is 5.82 Å². The number of rotatable bonds is 7. The number of halogens is 1. The molecule has 1 N–H and O–H groups in total. The number of hydrogen-bond acceptors (Lipinski definition) is 6. The number of piperazine rings is 1. The third-order valence-corrected chi connectivity index (χ3v) is 5.38. The number of para-hydroxylation sites is 1. The number of ether oxygens (including phenoxy) is 1. The summed E-state index contributed by atoms with van der Waals surface area (Å²) >= 11 is 1.02. The van der Waals surface area contributed by atoms with Gasteiger partial charge in [0.05, 0.1) is 17.2 Å². The van der Waals surface area contributed by atoms with Crippen LogP contribution >= 0.6 is 11.3 Å². The molecule has 0 unspecified atom stereocenters. The molecule has 2 heterocycles. The normalized spacial score (nSPS) is 15.5. The van der Waals surface area contributed by atoms with Crippen molar-refractivity contribution in [2.24, 2.45) is 0 Å². The highest BCUT2D eigenvalue weighted by Crippen LogP contribution is 2.32. The molecule has 3 rings (SSSR count). The Morgan fingerprint density at radius 1 is 1.22 bits per heavy atom. The van der Waals surface area contributed by atoms with E-state index in [1.165, 1.54) is 16.0 Å². The van der Waals surface area contributed by atoms with E-state index in [-0.39, 0.29) is 22.7 Å². The fourth-order valence-electron chi connectivity index (χ4n) is 3.29. The molecule has 27 heavy (non-hydrogen) atoms. The summed E-state index contributed by atoms with van der Waals surface area (Å²) < 4.78 is 21.3. The minimum Gasteiger partial charge on any atom is -0.494 e. The van der Waals surface area contributed by atoms with Gasteiger partial charge in [-0.15, -0.1) is 0 Å². The lowest BCUT2D eigenvalue weighted by Crippen LogP contribution is -2.47. The largest absolute Gasteiger partial charge is 0.494 e. The third-order valence-electron chi connectivity index (χ3n) is 4.63. The maximum Gasteiger partial charge on any atom is 0.309 e. The summed E-state index contributed by atoms with van der Waals surface area (Å²) in [4.78, 5) is 16.0. The molecule has 2 aromatic rings. The summed E-state index contributed by atoms with van der Waals surface area (Å²) in [6, 6.07) is 5.05. The zero-order chi connectivity index (χ0) is 19.4. The maximum atomic E-state index is 14.2. The van der Waals surface area contributed by atoms with Crippen molar-refractivity contribution in [2.75, 3.05) is 37.6 Å². The van der Waals surface area contributed by atoms with Crippen LogP contribution in [0.25, 0.3) is 0 Å². The van der Waals surface area contributed by atoms with Crippen LogP contribution in [-0.2, 0) is 6.54 Å². The smallest absolute Gasteiger partial charge is 0.309 e. The second-order valence-corrected chi connectivity index (χ2v) is 7.77. The van der Waals surface area contributed by atoms with Crippen molar-refractivity contribution in [3.8, 4) is 11.6 Å². The van der Waals surface area contributed by atoms with Gasteiger partial charge in [-0.05, 0) is 38.9 Å². The number of aromatic hydroxyl groups is 1. The average Bonchev–Trinajstić information content (AvgIpc) is 2.96. The van der Waals surface area contributed by atoms with E-state index in [2.05, 4.69) is 9.80 Å². The van der Waals surface area contributed by atoms with E-state index in [9.17, 15) is 14.3 Å². The van der Waals surface area contributed by atoms with Crippen LogP contribution in [0.5, 0.6) is 11.6 Å². The summed E-state index contributed by atoms with van der Waals surface area (Å²) in [7, 11) is 0. The second-order valence-electron chi connectivity index (χ2n) is 6.95. The van der Waals surface area contributed by atoms with E-state index in [4.69, 9.17) is 4.74 Å². The van der Waals surface area contributed by atoms with E-state index in [1.807, 2.05) is 19.9 Å². The Morgan fingerprint density at radius 2 is 1.96 bits per heavy atom. The monoisotopic (exact) mass is 395 g/mol. The number of benzene rings is 1. The van der Waals surface area contributed by atoms with Crippen molar-refractivity contribution >= 4 is 17.0 Å². The molecular formula is C19H26FN3O3S. The molecule has 1 aromatic heterocycles. The maximum absolute atomic E-state index is 14.2. The van der Waals surface area contributed by atoms with E-state index >= 15 is 0 Å². The predicted octanol–water partition coefficient (Wildman–Crippen LogP) is 2.75. The first-order valence-electron chi connectivity index (χ1n) is 9.25. The van der Waals surface area contributed by atoms with Gasteiger partial charge in [0.1, 0.15) is 0 Å². The Labute approximate surface area is 162 Å². The van der Waals surface area contributed by atoms with Crippen molar-refractivity contribution in [3.05, 3.63) is 39.1 Å². The molecule has 1 saturated heterocycles. The summed E-state index contributed by atoms with van der Waals surface area (Å²) in [5, 5.41) is 11.1. The van der Waals surface area contributed by atoms with E-state index in [1.54, 1.807) is 6.07 Å². The molecule has 0 atom stereocenters. The Hall–Kier alpha value is -2.06. The van der Waals surface area contributed by atoms with Crippen LogP contribution in [-0.4, -0.2) is 53.4 Å². The van der Waals surface area contributed by atoms with Crippen LogP contribution in [0.4, 0.5) is 10.1 Å². The highest BCUT2D eigenvalue weighted by Gasteiger charge is 2.22. The van der Waals surface area contributed by atoms with Gasteiger partial charge in [0.2, 0.25) is 5.88 Å². The highest BCUT2D eigenvalue weighted by molar-refractivity contribution is 7.07. The molecule has 0 spiro atoms. The Morgan fingerprint density at radius 3 is 2.59 bits per heavy atom. The Kier molecular flexibility index (Phi) is 6.38. The van der Waals surface area contributed by atoms with E-state index < -0.39 is 0 Å². The standard InChI is InChI=1S/C19H26FN3O3S/c1-14(2)26-18-15(20)5-3-6-16(18)22-11-9-21(10-12-22)7-4-8-23-17(24)13-27-19(23)25/h3,5-6,13-14,24H,4,7-12H2,1-2H3. The van der Waals surface area contributed by atoms with Gasteiger partial charge in [0.25, 0.3) is 0 Å². The minimum atomic E-state index is -0.329. The van der Waals surface area contributed by atoms with Gasteiger partial charge in [-0.1, -0.05) is 17.4 Å². The molecule has 0 amide bonds. The highest BCUT2D eigenvalue weighted by atomic mass is 32.1. The van der Waals surface area contributed by atoms with Gasteiger partial charge in [0.15, 0.2) is 11.6 Å². The van der Waals surface area contributed by atoms with Crippen LogP contribution in [0.15, 0.2) is 28.4 Å². The molecule has 1 aliphatic heterocycles. The number of nitrogens with zero attached hydrogens (tertiary/aromatic N) is 3. The fraction of sp³-hybridized carbons (Fsp3) is 0.526. The SMILES string of the molecule is CC(C)Oc1c(F)cccc1N1CCN(CCCn2c(O)csc2=O)CC1. The predicted molar refractivity (Wildman–Crippen MR) is 106 cm³/mol. The molecule has 8 heteroatoms. The molecular weight excluding hydrogens is 369 g/mol. The van der Waals surface area contributed by atoms with Gasteiger partial charge >= 0.3 is 4.87 Å². The molecule has 1 aliphatic rings. The van der Waals surface area contributed by atoms with Gasteiger partial charge in [-0.3, -0.25) is 14.3 Å². The zero-order valence-corrected chi connectivity index (χ0v) is 16.5. The lowest BCUT2D eigenvalue weighted by Gasteiger charge is -2.37. The topological polar surface area (TPSA) is 57.9 Å². The van der Waals surface area contributed by atoms with Crippen LogP contribution in [0.3, 0.4) is 0 Å². The first-order valence-corrected chi connectivity index (χ1v) is 10.1. The molecule has 6 nitrogen and oxygen atoms in total. The lowest BCUT2D eigenvalue weighted by atomic mass is 10.2. The number of aromatic nitrogens is 1. The first kappa shape index (κ1) is 19.7. The summed E-state index contributed by atoms with van der Waals surface area (Å²) in [6.07, 6.45) is 0.713. The molecule has 0 aliphatic carbocycles. The third kappa shape index (κ3) is 4.81. The molecule has 0 bridgehead atoms. The first-order chi connectivity index (χ1) is 13.0. The molecule has 0 saturated carbocycles. The Bertz CT molecular complexity index is 813. The van der Waals surface area contributed by atoms with E-state index in [0.29, 0.717) is 12.3 Å². The summed E-state index contributed by atoms with van der Waals surface area (Å²) in [5.41, 5.74) is 0.804. The Balaban J connectivity index is 1.53. The van der Waals surface area contributed by atoms with Crippen LogP contribution in [0.2, 0.25) is 0 Å². The summed E-state index contributed by atoms with van der Waals surface area (Å²) in [6.45, 7) is 8.47. The van der Waals surface area contributed by atoms with Gasteiger partial charge in [0, 0.05) is 32.7 Å². The second kappa shape index (κ2) is 8.75. The molecule has 1 fully saturated rings. The summed E-state index contributed by atoms with van der Waals surface area (Å²) in [5.74, 6) is 0.0384. The zero-order valence-electron chi connectivity index (χ0n) is 15.7. The average molecular weight is 396 g/mol.